The Morgan fingerprint density at radius 2 is 1.90 bits per heavy atom. The molecule has 1 aromatic carbocycles. The molecule has 0 bridgehead atoms. The second-order valence-electron chi connectivity index (χ2n) is 1.64. The molecule has 0 N–H and O–H groups in total. The quantitative estimate of drug-likeness (QED) is 0.570. The van der Waals surface area contributed by atoms with Crippen molar-refractivity contribution in [2.75, 3.05) is 0 Å². The summed E-state index contributed by atoms with van der Waals surface area (Å²) in [6.07, 6.45) is 0. The molecule has 0 aromatic heterocycles. The summed E-state index contributed by atoms with van der Waals surface area (Å²) in [7, 11) is 6.66. The molecule has 0 saturated carbocycles. The summed E-state index contributed by atoms with van der Waals surface area (Å²) >= 11 is 3.63. The lowest BCUT2D eigenvalue weighted by atomic mass is 10.3. The molecule has 0 aliphatic carbocycles. The molecule has 0 fully saturated rings. The highest BCUT2D eigenvalue weighted by Gasteiger charge is 1.91. The van der Waals surface area contributed by atoms with Crippen molar-refractivity contribution in [3.63, 3.8) is 0 Å². The van der Waals surface area contributed by atoms with E-state index in [2.05, 4.69) is 17.1 Å². The maximum absolute atomic E-state index is 5.48. The van der Waals surface area contributed by atoms with Crippen LogP contribution in [0, 0.1) is 0 Å². The smallest absolute Gasteiger partial charge is 0.137 e. The van der Waals surface area contributed by atoms with Gasteiger partial charge in [0.2, 0.25) is 0 Å². The van der Waals surface area contributed by atoms with Crippen LogP contribution in [0.3, 0.4) is 0 Å². The molecule has 1 aromatic rings. The third-order valence-electron chi connectivity index (χ3n) is 1.02. The maximum Gasteiger partial charge on any atom is 0.137 e. The van der Waals surface area contributed by atoms with Gasteiger partial charge in [-0.15, -0.1) is 0 Å². The zero-order valence-corrected chi connectivity index (χ0v) is 7.42. The Kier molecular flexibility index (Phi) is 3.25. The van der Waals surface area contributed by atoms with Crippen molar-refractivity contribution in [3.05, 3.63) is 24.3 Å². The van der Waals surface area contributed by atoms with Gasteiger partial charge in [0, 0.05) is 17.8 Å². The van der Waals surface area contributed by atoms with E-state index in [1.54, 1.807) is 12.1 Å². The highest BCUT2D eigenvalue weighted by molar-refractivity contribution is 8.21. The summed E-state index contributed by atoms with van der Waals surface area (Å²) in [6.45, 7) is 0. The molecular weight excluding hydrogens is 188 g/mol. The van der Waals surface area contributed by atoms with Crippen molar-refractivity contribution in [1.82, 2.24) is 0 Å². The van der Waals surface area contributed by atoms with Gasteiger partial charge in [-0.25, -0.2) is 0 Å². The van der Waals surface area contributed by atoms with E-state index >= 15 is 0 Å². The van der Waals surface area contributed by atoms with Crippen LogP contribution < -0.4 is 4.18 Å². The molecule has 0 aliphatic rings. The van der Waals surface area contributed by atoms with Gasteiger partial charge in [-0.3, -0.25) is 0 Å². The highest BCUT2D eigenvalue weighted by Crippen LogP contribution is 2.24. The van der Waals surface area contributed by atoms with Crippen molar-refractivity contribution >= 4 is 34.6 Å². The van der Waals surface area contributed by atoms with Crippen LogP contribution in [0.4, 0.5) is 0 Å². The van der Waals surface area contributed by atoms with Crippen LogP contribution in [-0.4, -0.2) is 0 Å². The largest absolute Gasteiger partial charge is 0.429 e. The fourth-order valence-electron chi connectivity index (χ4n) is 0.552. The summed E-state index contributed by atoms with van der Waals surface area (Å²) in [6, 6.07) is 7.34. The number of thiol groups is 1. The van der Waals surface area contributed by atoms with E-state index in [1.165, 1.54) is 11.0 Å². The molecule has 10 heavy (non-hydrogen) atoms. The zero-order valence-electron chi connectivity index (χ0n) is 4.95. The first-order chi connectivity index (χ1) is 4.86. The molecule has 0 aliphatic heterocycles. The number of halogens is 1. The monoisotopic (exact) mass is 192 g/mol. The van der Waals surface area contributed by atoms with Crippen LogP contribution in [0.1, 0.15) is 0 Å². The Morgan fingerprint density at radius 1 is 1.30 bits per heavy atom. The fraction of sp³-hybridized carbons (Fsp3) is 0. The molecule has 0 spiro atoms. The van der Waals surface area contributed by atoms with Gasteiger partial charge in [0.1, 0.15) is 5.75 Å². The molecule has 0 heterocycles. The van der Waals surface area contributed by atoms with Crippen LogP contribution in [0.15, 0.2) is 29.2 Å². The Labute approximate surface area is 73.8 Å². The number of rotatable bonds is 2. The Hall–Kier alpha value is 0.01000. The predicted molar refractivity (Wildman–Crippen MR) is 47.8 cm³/mol. The van der Waals surface area contributed by atoms with Gasteiger partial charge in [0.05, 0.1) is 0 Å². The van der Waals surface area contributed by atoms with Crippen molar-refractivity contribution in [1.29, 1.82) is 0 Å². The van der Waals surface area contributed by atoms with Crippen molar-refractivity contribution in [2.45, 2.75) is 4.90 Å². The van der Waals surface area contributed by atoms with E-state index in [9.17, 15) is 0 Å². The normalized spacial score (nSPS) is 9.40. The fourth-order valence-corrected chi connectivity index (χ4v) is 1.22. The molecule has 54 valence electrons. The molecule has 0 unspecified atom stereocenters. The summed E-state index contributed by atoms with van der Waals surface area (Å²) in [5, 5.41) is 0. The molecule has 0 amide bonds. The van der Waals surface area contributed by atoms with Crippen molar-refractivity contribution < 1.29 is 4.18 Å². The van der Waals surface area contributed by atoms with E-state index in [4.69, 9.17) is 10.7 Å². The number of hydrogen-bond donors (Lipinski definition) is 1. The van der Waals surface area contributed by atoms with Crippen LogP contribution >= 0.6 is 34.6 Å². The second-order valence-corrected chi connectivity index (χ2v) is 2.91. The third kappa shape index (κ3) is 2.01. The predicted octanol–water partition coefficient (Wildman–Crippen LogP) is 3.16. The molecule has 0 atom stereocenters. The molecule has 0 radical (unpaired) electrons. The van der Waals surface area contributed by atoms with E-state index in [0.717, 1.165) is 10.6 Å². The van der Waals surface area contributed by atoms with E-state index in [0.29, 0.717) is 0 Å². The number of benzene rings is 1. The lowest BCUT2D eigenvalue weighted by molar-refractivity contribution is 0.658. The summed E-state index contributed by atoms with van der Waals surface area (Å²) in [5.41, 5.74) is 0. The molecule has 1 rings (SSSR count). The maximum atomic E-state index is 5.48. The minimum absolute atomic E-state index is 0.720. The first-order valence-electron chi connectivity index (χ1n) is 2.57. The zero-order chi connectivity index (χ0) is 7.40. The first kappa shape index (κ1) is 8.11. The van der Waals surface area contributed by atoms with Gasteiger partial charge in [-0.2, -0.15) is 0 Å². The summed E-state index contributed by atoms with van der Waals surface area (Å²) in [4.78, 5) is 0.996. The molecule has 1 nitrogen and oxygen atoms in total. The molecule has 0 saturated heterocycles. The third-order valence-corrected chi connectivity index (χ3v) is 2.21. The standard InChI is InChI=1S/C6H5ClOS2/c7-10-6-3-1-5(8-9)2-4-6/h1-4,9H. The van der Waals surface area contributed by atoms with Gasteiger partial charge < -0.3 is 4.18 Å². The first-order valence-corrected chi connectivity index (χ1v) is 4.57. The highest BCUT2D eigenvalue weighted by atomic mass is 35.7. The lowest BCUT2D eigenvalue weighted by Gasteiger charge is -1.96. The Morgan fingerprint density at radius 3 is 2.30 bits per heavy atom. The average Bonchev–Trinajstić information content (AvgIpc) is 2.05. The van der Waals surface area contributed by atoms with Crippen LogP contribution in [0.25, 0.3) is 0 Å². The van der Waals surface area contributed by atoms with Gasteiger partial charge in [0.25, 0.3) is 0 Å². The lowest BCUT2D eigenvalue weighted by Crippen LogP contribution is -1.72. The van der Waals surface area contributed by atoms with Gasteiger partial charge >= 0.3 is 0 Å². The molecule has 4 heteroatoms. The summed E-state index contributed by atoms with van der Waals surface area (Å²) < 4.78 is 4.66. The minimum Gasteiger partial charge on any atom is -0.429 e. The second kappa shape index (κ2) is 4.01. The van der Waals surface area contributed by atoms with Crippen LogP contribution in [0.2, 0.25) is 0 Å². The van der Waals surface area contributed by atoms with Gasteiger partial charge in [-0.05, 0) is 45.9 Å². The minimum atomic E-state index is 0.720. The van der Waals surface area contributed by atoms with Crippen LogP contribution in [-0.2, 0) is 0 Å². The molecular formula is C6H5ClOS2. The Bertz CT molecular complexity index is 176. The van der Waals surface area contributed by atoms with E-state index < -0.39 is 0 Å². The van der Waals surface area contributed by atoms with Crippen molar-refractivity contribution in [3.8, 4) is 5.75 Å². The van der Waals surface area contributed by atoms with Gasteiger partial charge in [0.15, 0.2) is 0 Å². The SMILES string of the molecule is SOc1ccc(SCl)cc1. The van der Waals surface area contributed by atoms with E-state index in [-0.39, 0.29) is 0 Å². The van der Waals surface area contributed by atoms with Gasteiger partial charge in [-0.1, -0.05) is 0 Å². The van der Waals surface area contributed by atoms with E-state index in [1.807, 2.05) is 12.1 Å². The summed E-state index contributed by atoms with van der Waals surface area (Å²) in [5.74, 6) is 0.720. The average molecular weight is 193 g/mol. The van der Waals surface area contributed by atoms with Crippen LogP contribution in [0.5, 0.6) is 5.75 Å². The Balaban J connectivity index is 2.80. The topological polar surface area (TPSA) is 9.23 Å². The number of hydrogen-bond acceptors (Lipinski definition) is 3. The van der Waals surface area contributed by atoms with Crippen molar-refractivity contribution in [2.24, 2.45) is 0 Å².